The zero-order valence-electron chi connectivity index (χ0n) is 10.8. The van der Waals surface area contributed by atoms with Gasteiger partial charge in [0.2, 0.25) is 0 Å². The van der Waals surface area contributed by atoms with Crippen LogP contribution >= 0.6 is 15.9 Å². The highest BCUT2D eigenvalue weighted by Gasteiger charge is 2.34. The lowest BCUT2D eigenvalue weighted by atomic mass is 10.0. The molecule has 0 aliphatic carbocycles. The SMILES string of the molecule is CN1c2ccccc2C(=O)c2cc(F)c(Br)cc2S1(=O)=O. The van der Waals surface area contributed by atoms with Crippen LogP contribution < -0.4 is 4.31 Å². The lowest BCUT2D eigenvalue weighted by Gasteiger charge is -2.18. The summed E-state index contributed by atoms with van der Waals surface area (Å²) in [6, 6.07) is 8.43. The van der Waals surface area contributed by atoms with Gasteiger partial charge in [0, 0.05) is 18.2 Å². The molecule has 0 atom stereocenters. The smallest absolute Gasteiger partial charge is 0.264 e. The van der Waals surface area contributed by atoms with E-state index in [1.807, 2.05) is 0 Å². The molecule has 0 N–H and O–H groups in total. The topological polar surface area (TPSA) is 54.5 Å². The van der Waals surface area contributed by atoms with Gasteiger partial charge in [-0.1, -0.05) is 12.1 Å². The first kappa shape index (κ1) is 14.2. The van der Waals surface area contributed by atoms with Gasteiger partial charge >= 0.3 is 0 Å². The Morgan fingerprint density at radius 2 is 1.81 bits per heavy atom. The van der Waals surface area contributed by atoms with Gasteiger partial charge in [-0.25, -0.2) is 12.8 Å². The molecule has 0 radical (unpaired) electrons. The summed E-state index contributed by atoms with van der Waals surface area (Å²) < 4.78 is 40.0. The first-order valence-corrected chi connectivity index (χ1v) is 8.19. The maximum Gasteiger partial charge on any atom is 0.264 e. The Labute approximate surface area is 129 Å². The second kappa shape index (κ2) is 4.64. The highest BCUT2D eigenvalue weighted by molar-refractivity contribution is 9.10. The van der Waals surface area contributed by atoms with Crippen molar-refractivity contribution in [2.45, 2.75) is 4.90 Å². The normalized spacial score (nSPS) is 16.1. The first-order valence-electron chi connectivity index (χ1n) is 5.95. The summed E-state index contributed by atoms with van der Waals surface area (Å²) in [6.07, 6.45) is 0. The number of carbonyl (C=O) groups is 1. The molecule has 0 amide bonds. The predicted molar refractivity (Wildman–Crippen MR) is 79.6 cm³/mol. The summed E-state index contributed by atoms with van der Waals surface area (Å²) in [5.74, 6) is -1.20. The van der Waals surface area contributed by atoms with Gasteiger partial charge in [0.05, 0.1) is 10.2 Å². The third kappa shape index (κ3) is 1.99. The number of ketones is 1. The number of hydrogen-bond donors (Lipinski definition) is 0. The van der Waals surface area contributed by atoms with Gasteiger partial charge in [-0.05, 0) is 40.2 Å². The summed E-state index contributed by atoms with van der Waals surface area (Å²) >= 11 is 2.96. The van der Waals surface area contributed by atoms with Gasteiger partial charge in [-0.2, -0.15) is 0 Å². The van der Waals surface area contributed by atoms with Gasteiger partial charge in [0.1, 0.15) is 10.7 Å². The number of para-hydroxylation sites is 1. The zero-order valence-corrected chi connectivity index (χ0v) is 13.2. The predicted octanol–water partition coefficient (Wildman–Crippen LogP) is 2.96. The van der Waals surface area contributed by atoms with Crippen LogP contribution in [0.15, 0.2) is 45.8 Å². The molecule has 7 heteroatoms. The second-order valence-electron chi connectivity index (χ2n) is 4.58. The molecule has 2 aromatic rings. The third-order valence-electron chi connectivity index (χ3n) is 3.39. The van der Waals surface area contributed by atoms with Crippen LogP contribution in [-0.4, -0.2) is 21.2 Å². The molecule has 1 aliphatic heterocycles. The minimum atomic E-state index is -3.93. The molecule has 1 heterocycles. The molecule has 1 aliphatic rings. The average molecular weight is 370 g/mol. The summed E-state index contributed by atoms with van der Waals surface area (Å²) in [6.45, 7) is 0. The Bertz CT molecular complexity index is 880. The Kier molecular flexibility index (Phi) is 3.14. The largest absolute Gasteiger partial charge is 0.288 e. The van der Waals surface area contributed by atoms with Crippen molar-refractivity contribution >= 4 is 37.4 Å². The van der Waals surface area contributed by atoms with Crippen molar-refractivity contribution in [3.8, 4) is 0 Å². The maximum atomic E-state index is 13.7. The molecule has 4 nitrogen and oxygen atoms in total. The van der Waals surface area contributed by atoms with E-state index in [-0.39, 0.29) is 26.2 Å². The average Bonchev–Trinajstić information content (AvgIpc) is 2.52. The van der Waals surface area contributed by atoms with E-state index in [0.29, 0.717) is 0 Å². The fourth-order valence-corrected chi connectivity index (χ4v) is 4.19. The van der Waals surface area contributed by atoms with E-state index in [2.05, 4.69) is 15.9 Å². The quantitative estimate of drug-likeness (QED) is 0.717. The minimum absolute atomic E-state index is 0.00280. The molecule has 3 rings (SSSR count). The minimum Gasteiger partial charge on any atom is -0.288 e. The molecular weight excluding hydrogens is 361 g/mol. The van der Waals surface area contributed by atoms with Gasteiger partial charge in [0.15, 0.2) is 5.78 Å². The van der Waals surface area contributed by atoms with Crippen LogP contribution in [0.4, 0.5) is 10.1 Å². The van der Waals surface area contributed by atoms with E-state index >= 15 is 0 Å². The van der Waals surface area contributed by atoms with Crippen molar-refractivity contribution < 1.29 is 17.6 Å². The summed E-state index contributed by atoms with van der Waals surface area (Å²) in [5, 5.41) is 0. The molecule has 0 spiro atoms. The molecule has 0 saturated heterocycles. The number of rotatable bonds is 0. The van der Waals surface area contributed by atoms with Crippen LogP contribution in [0, 0.1) is 5.82 Å². The fraction of sp³-hybridized carbons (Fsp3) is 0.0714. The molecule has 0 unspecified atom stereocenters. The Balaban J connectivity index is 2.46. The number of carbonyl (C=O) groups excluding carboxylic acids is 1. The molecule has 0 bridgehead atoms. The Hall–Kier alpha value is -1.73. The lowest BCUT2D eigenvalue weighted by Crippen LogP contribution is -2.26. The number of hydrogen-bond acceptors (Lipinski definition) is 3. The second-order valence-corrected chi connectivity index (χ2v) is 7.37. The Morgan fingerprint density at radius 1 is 1.14 bits per heavy atom. The van der Waals surface area contributed by atoms with Crippen molar-refractivity contribution in [1.82, 2.24) is 0 Å². The standard InChI is InChI=1S/C14H9BrFNO3S/c1-17-12-5-3-2-4-8(12)14(18)9-6-11(16)10(15)7-13(9)21(17,19)20/h2-7H,1H3. The number of benzene rings is 2. The number of nitrogens with zero attached hydrogens (tertiary/aromatic N) is 1. The van der Waals surface area contributed by atoms with Gasteiger partial charge in [-0.15, -0.1) is 0 Å². The van der Waals surface area contributed by atoms with E-state index in [9.17, 15) is 17.6 Å². The van der Waals surface area contributed by atoms with Crippen molar-refractivity contribution in [3.63, 3.8) is 0 Å². The number of fused-ring (bicyclic) bond motifs is 2. The van der Waals surface area contributed by atoms with E-state index in [0.717, 1.165) is 16.4 Å². The van der Waals surface area contributed by atoms with Crippen molar-refractivity contribution in [2.75, 3.05) is 11.4 Å². The van der Waals surface area contributed by atoms with Crippen LogP contribution in [0.3, 0.4) is 0 Å². The van der Waals surface area contributed by atoms with E-state index in [1.165, 1.54) is 13.1 Å². The zero-order chi connectivity index (χ0) is 15.4. The molecule has 0 saturated carbocycles. The molecule has 21 heavy (non-hydrogen) atoms. The van der Waals surface area contributed by atoms with Gasteiger partial charge < -0.3 is 0 Å². The van der Waals surface area contributed by atoms with E-state index in [1.54, 1.807) is 18.2 Å². The summed E-state index contributed by atoms with van der Waals surface area (Å²) in [5.41, 5.74) is 0.340. The van der Waals surface area contributed by atoms with Crippen LogP contribution in [0.25, 0.3) is 0 Å². The summed E-state index contributed by atoms with van der Waals surface area (Å²) in [4.78, 5) is 12.3. The number of anilines is 1. The van der Waals surface area contributed by atoms with Crippen LogP contribution in [0.5, 0.6) is 0 Å². The fourth-order valence-electron chi connectivity index (χ4n) is 2.28. The van der Waals surface area contributed by atoms with Crippen molar-refractivity contribution in [3.05, 3.63) is 57.8 Å². The third-order valence-corrected chi connectivity index (χ3v) is 5.81. The van der Waals surface area contributed by atoms with Crippen LogP contribution in [-0.2, 0) is 10.0 Å². The van der Waals surface area contributed by atoms with Gasteiger partial charge in [0.25, 0.3) is 10.0 Å². The number of sulfonamides is 1. The molecule has 0 fully saturated rings. The highest BCUT2D eigenvalue weighted by Crippen LogP contribution is 2.35. The molecule has 108 valence electrons. The van der Waals surface area contributed by atoms with Gasteiger partial charge in [-0.3, -0.25) is 9.10 Å². The van der Waals surface area contributed by atoms with Crippen LogP contribution in [0.2, 0.25) is 0 Å². The highest BCUT2D eigenvalue weighted by atomic mass is 79.9. The van der Waals surface area contributed by atoms with E-state index in [4.69, 9.17) is 0 Å². The van der Waals surface area contributed by atoms with E-state index < -0.39 is 21.6 Å². The van der Waals surface area contributed by atoms with Crippen LogP contribution in [0.1, 0.15) is 15.9 Å². The lowest BCUT2D eigenvalue weighted by molar-refractivity contribution is 0.103. The number of halogens is 2. The summed E-state index contributed by atoms with van der Waals surface area (Å²) in [7, 11) is -2.56. The monoisotopic (exact) mass is 369 g/mol. The first-order chi connectivity index (χ1) is 9.84. The molecule has 2 aromatic carbocycles. The van der Waals surface area contributed by atoms with Crippen molar-refractivity contribution in [2.24, 2.45) is 0 Å². The molecule has 0 aromatic heterocycles. The van der Waals surface area contributed by atoms with Crippen molar-refractivity contribution in [1.29, 1.82) is 0 Å². The maximum absolute atomic E-state index is 13.7. The Morgan fingerprint density at radius 3 is 2.52 bits per heavy atom. The molecular formula is C14H9BrFNO3S.